The number of carbonyl (C=O) groups excluding carboxylic acids is 1. The van der Waals surface area contributed by atoms with Crippen molar-refractivity contribution in [3.63, 3.8) is 0 Å². The molecule has 1 amide bonds. The van der Waals surface area contributed by atoms with Crippen LogP contribution >= 0.6 is 24.0 Å². The molecule has 0 atom stereocenters. The lowest BCUT2D eigenvalue weighted by atomic mass is 10.2. The zero-order valence-corrected chi connectivity index (χ0v) is 17.2. The molecule has 0 saturated heterocycles. The average molecular weight is 474 g/mol. The quantitative estimate of drug-likeness (QED) is 0.368. The van der Waals surface area contributed by atoms with Crippen molar-refractivity contribution >= 4 is 35.8 Å². The number of rotatable bonds is 7. The molecule has 0 radical (unpaired) electrons. The highest BCUT2D eigenvalue weighted by atomic mass is 127. The molecule has 0 bridgehead atoms. The Balaban J connectivity index is 0.00000338. The summed E-state index contributed by atoms with van der Waals surface area (Å²) >= 11 is 0. The summed E-state index contributed by atoms with van der Waals surface area (Å²) in [6.45, 7) is 1.03. The van der Waals surface area contributed by atoms with Gasteiger partial charge in [-0.25, -0.2) is 9.38 Å². The number of benzene rings is 1. The Morgan fingerprint density at radius 3 is 2.69 bits per heavy atom. The van der Waals surface area contributed by atoms with E-state index in [1.807, 2.05) is 12.1 Å². The number of likely N-dealkylation sites (N-methyl/N-ethyl adjacent to an activating group) is 1. The molecule has 0 saturated carbocycles. The van der Waals surface area contributed by atoms with E-state index in [-0.39, 0.29) is 42.2 Å². The molecule has 2 N–H and O–H groups in total. The highest BCUT2D eigenvalue weighted by Crippen LogP contribution is 2.04. The van der Waals surface area contributed by atoms with E-state index >= 15 is 0 Å². The molecule has 0 spiro atoms. The number of furan rings is 1. The highest BCUT2D eigenvalue weighted by molar-refractivity contribution is 14.0. The fraction of sp³-hybridized carbons (Fsp3) is 0.333. The van der Waals surface area contributed by atoms with E-state index in [0.29, 0.717) is 25.5 Å². The summed E-state index contributed by atoms with van der Waals surface area (Å²) in [5, 5.41) is 6.14. The van der Waals surface area contributed by atoms with Crippen molar-refractivity contribution in [1.82, 2.24) is 15.5 Å². The van der Waals surface area contributed by atoms with Crippen LogP contribution in [0.2, 0.25) is 0 Å². The van der Waals surface area contributed by atoms with Gasteiger partial charge in [0.2, 0.25) is 5.91 Å². The summed E-state index contributed by atoms with van der Waals surface area (Å²) < 4.78 is 18.5. The molecule has 1 heterocycles. The summed E-state index contributed by atoms with van der Waals surface area (Å²) in [7, 11) is 3.38. The number of nitrogens with zero attached hydrogens (tertiary/aromatic N) is 2. The predicted octanol–water partition coefficient (Wildman–Crippen LogP) is 2.40. The van der Waals surface area contributed by atoms with Crippen molar-refractivity contribution in [1.29, 1.82) is 0 Å². The van der Waals surface area contributed by atoms with E-state index in [1.54, 1.807) is 32.5 Å². The van der Waals surface area contributed by atoms with E-state index in [1.165, 1.54) is 17.0 Å². The monoisotopic (exact) mass is 474 g/mol. The van der Waals surface area contributed by atoms with Crippen molar-refractivity contribution in [3.8, 4) is 0 Å². The maximum Gasteiger partial charge on any atom is 0.241 e. The normalized spacial score (nSPS) is 10.8. The van der Waals surface area contributed by atoms with Gasteiger partial charge in [0.1, 0.15) is 11.6 Å². The van der Waals surface area contributed by atoms with Crippen molar-refractivity contribution in [3.05, 3.63) is 59.8 Å². The van der Waals surface area contributed by atoms with E-state index < -0.39 is 0 Å². The minimum Gasteiger partial charge on any atom is -0.469 e. The summed E-state index contributed by atoms with van der Waals surface area (Å²) in [5.74, 6) is 0.995. The van der Waals surface area contributed by atoms with Gasteiger partial charge >= 0.3 is 0 Å². The van der Waals surface area contributed by atoms with Crippen molar-refractivity contribution in [2.75, 3.05) is 27.2 Å². The number of aliphatic imine (C=N–C) groups is 1. The largest absolute Gasteiger partial charge is 0.469 e. The smallest absolute Gasteiger partial charge is 0.241 e. The molecule has 1 aromatic carbocycles. The third-order valence-electron chi connectivity index (χ3n) is 3.46. The molecule has 0 fully saturated rings. The summed E-state index contributed by atoms with van der Waals surface area (Å²) in [5.41, 5.74) is 0.756. The zero-order chi connectivity index (χ0) is 18.1. The maximum atomic E-state index is 13.3. The van der Waals surface area contributed by atoms with Crippen molar-refractivity contribution in [2.45, 2.75) is 13.0 Å². The molecule has 0 aliphatic heterocycles. The Hall–Kier alpha value is -2.10. The lowest BCUT2D eigenvalue weighted by Gasteiger charge is -2.14. The first-order valence-electron chi connectivity index (χ1n) is 8.04. The lowest BCUT2D eigenvalue weighted by molar-refractivity contribution is -0.127. The van der Waals surface area contributed by atoms with E-state index in [9.17, 15) is 9.18 Å². The van der Waals surface area contributed by atoms with Gasteiger partial charge in [0.25, 0.3) is 0 Å². The Morgan fingerprint density at radius 1 is 1.23 bits per heavy atom. The minimum absolute atomic E-state index is 0. The molecule has 0 aliphatic rings. The average Bonchev–Trinajstić information content (AvgIpc) is 3.09. The predicted molar refractivity (Wildman–Crippen MR) is 110 cm³/mol. The van der Waals surface area contributed by atoms with Crippen molar-refractivity contribution in [2.24, 2.45) is 4.99 Å². The van der Waals surface area contributed by atoms with Gasteiger partial charge < -0.3 is 20.0 Å². The number of carbonyl (C=O) groups is 1. The molecule has 0 aliphatic carbocycles. The number of amides is 1. The summed E-state index contributed by atoms with van der Waals surface area (Å²) in [4.78, 5) is 17.7. The zero-order valence-electron chi connectivity index (χ0n) is 14.9. The van der Waals surface area contributed by atoms with Gasteiger partial charge in [-0.3, -0.25) is 4.79 Å². The van der Waals surface area contributed by atoms with Gasteiger partial charge in [-0.05, 0) is 29.8 Å². The molecular weight excluding hydrogens is 450 g/mol. The first-order chi connectivity index (χ1) is 12.0. The van der Waals surface area contributed by atoms with E-state index in [0.717, 1.165) is 11.3 Å². The topological polar surface area (TPSA) is 69.9 Å². The fourth-order valence-corrected chi connectivity index (χ4v) is 2.06. The molecule has 2 rings (SSSR count). The molecule has 6 nitrogen and oxygen atoms in total. The van der Waals surface area contributed by atoms with Crippen LogP contribution in [0, 0.1) is 5.82 Å². The van der Waals surface area contributed by atoms with E-state index in [4.69, 9.17) is 4.42 Å². The van der Waals surface area contributed by atoms with Crippen LogP contribution in [-0.4, -0.2) is 44.0 Å². The maximum absolute atomic E-state index is 13.3. The molecule has 26 heavy (non-hydrogen) atoms. The van der Waals surface area contributed by atoms with Gasteiger partial charge in [-0.1, -0.05) is 12.1 Å². The van der Waals surface area contributed by atoms with Gasteiger partial charge in [-0.15, -0.1) is 24.0 Å². The fourth-order valence-electron chi connectivity index (χ4n) is 2.06. The van der Waals surface area contributed by atoms with E-state index in [2.05, 4.69) is 15.6 Å². The Kier molecular flexibility index (Phi) is 9.71. The molecule has 0 unspecified atom stereocenters. The second-order valence-corrected chi connectivity index (χ2v) is 5.69. The summed E-state index contributed by atoms with van der Waals surface area (Å²) in [6.07, 6.45) is 2.32. The Bertz CT molecular complexity index is 705. The number of hydrogen-bond acceptors (Lipinski definition) is 3. The first-order valence-corrected chi connectivity index (χ1v) is 8.04. The highest BCUT2D eigenvalue weighted by Gasteiger charge is 2.06. The number of hydrogen-bond donors (Lipinski definition) is 2. The second-order valence-electron chi connectivity index (χ2n) is 5.69. The van der Waals surface area contributed by atoms with Gasteiger partial charge in [0.05, 0.1) is 19.4 Å². The first kappa shape index (κ1) is 21.9. The van der Waals surface area contributed by atoms with Gasteiger partial charge in [0, 0.05) is 27.1 Å². The third kappa shape index (κ3) is 7.85. The third-order valence-corrected chi connectivity index (χ3v) is 3.46. The lowest BCUT2D eigenvalue weighted by Crippen LogP contribution is -2.43. The van der Waals surface area contributed by atoms with Crippen molar-refractivity contribution < 1.29 is 13.6 Å². The van der Waals surface area contributed by atoms with Crippen LogP contribution in [0.5, 0.6) is 0 Å². The van der Waals surface area contributed by atoms with Gasteiger partial charge in [0.15, 0.2) is 5.96 Å². The summed E-state index contributed by atoms with van der Waals surface area (Å²) in [6, 6.07) is 10.0. The molecule has 2 aromatic rings. The Morgan fingerprint density at radius 2 is 2.04 bits per heavy atom. The molecular formula is C18H24FIN4O2. The SMILES string of the molecule is CN(C)C(=O)CNC(=NCc1cccc(F)c1)NCCc1ccco1.I. The van der Waals surface area contributed by atoms with Crippen LogP contribution in [-0.2, 0) is 17.8 Å². The molecule has 8 heteroatoms. The number of halogens is 2. The van der Waals surface area contributed by atoms with Crippen LogP contribution in [0.15, 0.2) is 52.1 Å². The van der Waals surface area contributed by atoms with Crippen LogP contribution in [0.25, 0.3) is 0 Å². The minimum atomic E-state index is -0.296. The van der Waals surface area contributed by atoms with Crippen LogP contribution < -0.4 is 10.6 Å². The Labute approximate surface area is 169 Å². The second kappa shape index (κ2) is 11.5. The van der Waals surface area contributed by atoms with Gasteiger partial charge in [-0.2, -0.15) is 0 Å². The number of guanidine groups is 1. The molecule has 142 valence electrons. The van der Waals surface area contributed by atoms with Crippen LogP contribution in [0.4, 0.5) is 4.39 Å². The van der Waals surface area contributed by atoms with Crippen LogP contribution in [0.3, 0.4) is 0 Å². The standard InChI is InChI=1S/C18H23FN4O2.HI/c1-23(2)17(24)13-22-18(20-9-8-16-7-4-10-25-16)21-12-14-5-3-6-15(19)11-14;/h3-7,10-11H,8-9,12-13H2,1-2H3,(H2,20,21,22);1H. The van der Waals surface area contributed by atoms with Crippen LogP contribution in [0.1, 0.15) is 11.3 Å². The number of nitrogens with one attached hydrogen (secondary N) is 2. The molecule has 1 aromatic heterocycles.